The molecular formula is C46H50N2O12S. The lowest BCUT2D eigenvalue weighted by Gasteiger charge is -2.52. The zero-order chi connectivity index (χ0) is 43.4. The molecule has 14 nitrogen and oxygen atoms in total. The van der Waals surface area contributed by atoms with E-state index in [-0.39, 0.29) is 63.4 Å². The molecule has 0 saturated heterocycles. The number of aliphatic carboxylic acids is 1. The highest BCUT2D eigenvalue weighted by Gasteiger charge is 2.60. The Morgan fingerprint density at radius 1 is 0.934 bits per heavy atom. The minimum Gasteiger partial charge on any atom is -0.508 e. The van der Waals surface area contributed by atoms with Crippen LogP contribution in [-0.2, 0) is 21.6 Å². The number of thioether (sulfide) groups is 1. The van der Waals surface area contributed by atoms with E-state index in [2.05, 4.69) is 35.8 Å². The highest BCUT2D eigenvalue weighted by atomic mass is 32.2. The Balaban J connectivity index is 0.000000170. The fourth-order valence-electron chi connectivity index (χ4n) is 10.5. The smallest absolute Gasteiger partial charge is 0.340 e. The topological polar surface area (TPSA) is 224 Å². The zero-order valence-corrected chi connectivity index (χ0v) is 34.8. The summed E-state index contributed by atoms with van der Waals surface area (Å²) in [4.78, 5) is 35.2. The number of phenolic OH excluding ortho intramolecular Hbond substituents is 2. The SMILES string of the molecule is CNCC(NC)Oc1ccc2c(c1)CC(SCCC(=O)O)[C@@H]1[C@@H]2CC[C@]2(C)[C@@H](O)[C@H](O)C[C@@H]12.O=C(O)c1ccc2c(c1)C(=O)OC21c2ccc(O)cc2Oc2cc(O)ccc21. The highest BCUT2D eigenvalue weighted by Crippen LogP contribution is 2.63. The fraction of sp³-hybridized carbons (Fsp3) is 0.413. The molecule has 8 atom stereocenters. The molecule has 1 spiro atoms. The van der Waals surface area contributed by atoms with Crippen molar-refractivity contribution in [3.63, 3.8) is 0 Å². The Morgan fingerprint density at radius 3 is 2.26 bits per heavy atom. The number of aliphatic hydroxyl groups excluding tert-OH is 2. The quantitative estimate of drug-likeness (QED) is 0.0722. The fourth-order valence-corrected chi connectivity index (χ4v) is 12.0. The molecule has 0 amide bonds. The summed E-state index contributed by atoms with van der Waals surface area (Å²) in [5.41, 5.74) is 2.52. The second kappa shape index (κ2) is 16.5. The first-order valence-corrected chi connectivity index (χ1v) is 21.5. The molecule has 2 fully saturated rings. The Hall–Kier alpha value is -5.32. The van der Waals surface area contributed by atoms with Gasteiger partial charge in [0.2, 0.25) is 0 Å². The molecule has 4 aromatic rings. The zero-order valence-electron chi connectivity index (χ0n) is 34.0. The van der Waals surface area contributed by atoms with Crippen LogP contribution in [0.25, 0.3) is 0 Å². The van der Waals surface area contributed by atoms with Crippen molar-refractivity contribution in [1.82, 2.24) is 10.6 Å². The van der Waals surface area contributed by atoms with Crippen molar-refractivity contribution in [2.45, 2.75) is 74.2 Å². The number of carbonyl (C=O) groups is 3. The Morgan fingerprint density at radius 2 is 1.62 bits per heavy atom. The van der Waals surface area contributed by atoms with E-state index in [9.17, 15) is 45.0 Å². The Kier molecular flexibility index (Phi) is 11.5. The highest BCUT2D eigenvalue weighted by molar-refractivity contribution is 7.99. The third-order valence-electron chi connectivity index (χ3n) is 13.3. The van der Waals surface area contributed by atoms with E-state index in [1.165, 1.54) is 47.5 Å². The number of phenols is 2. The number of carboxylic acids is 2. The van der Waals surface area contributed by atoms with Crippen LogP contribution in [0.15, 0.2) is 72.8 Å². The molecule has 9 rings (SSSR count). The second-order valence-corrected chi connectivity index (χ2v) is 18.1. The summed E-state index contributed by atoms with van der Waals surface area (Å²) in [6, 6.07) is 19.5. The number of rotatable bonds is 10. The number of hydrogen-bond donors (Lipinski definition) is 8. The summed E-state index contributed by atoms with van der Waals surface area (Å²) >= 11 is 1.75. The summed E-state index contributed by atoms with van der Waals surface area (Å²) in [6.45, 7) is 2.83. The van der Waals surface area contributed by atoms with E-state index in [4.69, 9.17) is 14.2 Å². The average molecular weight is 855 g/mol. The van der Waals surface area contributed by atoms with Gasteiger partial charge in [0, 0.05) is 46.4 Å². The molecule has 322 valence electrons. The standard InChI is InChI=1S/C25H38N2O5S.C21H12O7/c1-25-8-6-17-16-5-4-15(32-21(27-3)13-26-2)10-14(16)11-20(33-9-7-22(29)30)23(17)18(25)12-19(28)24(25)31;22-11-2-5-15-17(8-11)27-18-9-12(23)3-6-16(18)21(15)14-4-1-10(19(24)25)7-13(14)20(26)28-21/h4-5,10,17-21,23-24,26-28,31H,6-9,11-13H2,1-3H3,(H,29,30);1-9,22-23H,(H,24,25)/t17-,18+,19-,20?,21?,23-,24+,25+;/m1./s1. The van der Waals surface area contributed by atoms with Crippen LogP contribution in [0, 0.1) is 17.3 Å². The van der Waals surface area contributed by atoms with E-state index in [0.717, 1.165) is 25.0 Å². The van der Waals surface area contributed by atoms with Crippen molar-refractivity contribution < 1.29 is 59.2 Å². The van der Waals surface area contributed by atoms with Crippen LogP contribution in [0.5, 0.6) is 28.7 Å². The maximum Gasteiger partial charge on any atom is 0.340 e. The second-order valence-electron chi connectivity index (χ2n) is 16.8. The lowest BCUT2D eigenvalue weighted by atomic mass is 9.55. The first-order valence-electron chi connectivity index (χ1n) is 20.4. The van der Waals surface area contributed by atoms with Crippen molar-refractivity contribution in [2.24, 2.45) is 17.3 Å². The average Bonchev–Trinajstić information content (AvgIpc) is 3.64. The first kappa shape index (κ1) is 42.4. The number of carbonyl (C=O) groups excluding carboxylic acids is 1. The molecule has 8 N–H and O–H groups in total. The third-order valence-corrected chi connectivity index (χ3v) is 14.7. The molecule has 2 heterocycles. The predicted octanol–water partition coefficient (Wildman–Crippen LogP) is 5.57. The lowest BCUT2D eigenvalue weighted by Crippen LogP contribution is -2.48. The van der Waals surface area contributed by atoms with Crippen molar-refractivity contribution >= 4 is 29.7 Å². The number of fused-ring (bicyclic) bond motifs is 11. The van der Waals surface area contributed by atoms with Crippen molar-refractivity contribution in [2.75, 3.05) is 26.4 Å². The number of carboxylic acid groups (broad SMARTS) is 2. The molecule has 2 aliphatic heterocycles. The largest absolute Gasteiger partial charge is 0.508 e. The van der Waals surface area contributed by atoms with Crippen LogP contribution in [-0.4, -0.2) is 98.6 Å². The molecule has 15 heteroatoms. The van der Waals surface area contributed by atoms with Gasteiger partial charge in [-0.2, -0.15) is 11.8 Å². The van der Waals surface area contributed by atoms with Crippen molar-refractivity contribution in [3.8, 4) is 28.7 Å². The Labute approximate surface area is 356 Å². The summed E-state index contributed by atoms with van der Waals surface area (Å²) in [7, 11) is 3.77. The predicted molar refractivity (Wildman–Crippen MR) is 225 cm³/mol. The molecule has 2 unspecified atom stereocenters. The van der Waals surface area contributed by atoms with Gasteiger partial charge in [0.05, 0.1) is 29.8 Å². The van der Waals surface area contributed by atoms with Gasteiger partial charge in [0.15, 0.2) is 11.8 Å². The summed E-state index contributed by atoms with van der Waals surface area (Å²) in [6.07, 6.45) is 2.01. The van der Waals surface area contributed by atoms with E-state index >= 15 is 0 Å². The van der Waals surface area contributed by atoms with Gasteiger partial charge in [-0.05, 0) is 123 Å². The van der Waals surface area contributed by atoms with Crippen LogP contribution in [0.4, 0.5) is 0 Å². The summed E-state index contributed by atoms with van der Waals surface area (Å²) in [5.74, 6) is 0.189. The van der Waals surface area contributed by atoms with E-state index < -0.39 is 35.7 Å². The van der Waals surface area contributed by atoms with Crippen molar-refractivity contribution in [3.05, 3.63) is 112 Å². The van der Waals surface area contributed by atoms with Gasteiger partial charge < -0.3 is 50.2 Å². The molecule has 0 bridgehead atoms. The number of aliphatic hydroxyl groups is 2. The number of aromatic carboxylic acids is 1. The van der Waals surface area contributed by atoms with Gasteiger partial charge in [0.25, 0.3) is 0 Å². The number of likely N-dealkylation sites (N-methyl/N-ethyl adjacent to an activating group) is 2. The van der Waals surface area contributed by atoms with Gasteiger partial charge in [-0.25, -0.2) is 9.59 Å². The van der Waals surface area contributed by atoms with E-state index in [0.29, 0.717) is 47.2 Å². The minimum atomic E-state index is -1.38. The molecule has 2 saturated carbocycles. The van der Waals surface area contributed by atoms with Gasteiger partial charge in [-0.3, -0.25) is 10.1 Å². The van der Waals surface area contributed by atoms with Crippen LogP contribution < -0.4 is 20.1 Å². The van der Waals surface area contributed by atoms with Crippen LogP contribution in [0.2, 0.25) is 0 Å². The van der Waals surface area contributed by atoms with Crippen LogP contribution in [0.1, 0.15) is 87.1 Å². The maximum absolute atomic E-state index is 12.7. The molecular weight excluding hydrogens is 805 g/mol. The first-order chi connectivity index (χ1) is 29.2. The van der Waals surface area contributed by atoms with E-state index in [1.54, 1.807) is 30.0 Å². The van der Waals surface area contributed by atoms with Crippen molar-refractivity contribution in [1.29, 1.82) is 0 Å². The Bertz CT molecular complexity index is 2320. The molecule has 3 aliphatic carbocycles. The van der Waals surface area contributed by atoms with Gasteiger partial charge in [-0.1, -0.05) is 19.1 Å². The van der Waals surface area contributed by atoms with E-state index in [1.807, 2.05) is 14.1 Å². The number of aromatic hydroxyl groups is 2. The molecule has 61 heavy (non-hydrogen) atoms. The van der Waals surface area contributed by atoms with Gasteiger partial charge in [-0.15, -0.1) is 0 Å². The number of hydrogen-bond acceptors (Lipinski definition) is 13. The van der Waals surface area contributed by atoms with Crippen LogP contribution >= 0.6 is 11.8 Å². The number of benzene rings is 4. The monoisotopic (exact) mass is 854 g/mol. The maximum atomic E-state index is 12.7. The van der Waals surface area contributed by atoms with Gasteiger partial charge in [0.1, 0.15) is 28.7 Å². The normalized spacial score (nSPS) is 26.4. The molecule has 5 aliphatic rings. The number of nitrogens with one attached hydrogen (secondary N) is 2. The number of esters is 1. The van der Waals surface area contributed by atoms with Crippen LogP contribution in [0.3, 0.4) is 0 Å². The summed E-state index contributed by atoms with van der Waals surface area (Å²) in [5, 5.41) is 66.1. The number of ether oxygens (including phenoxy) is 3. The molecule has 4 aromatic carbocycles. The van der Waals surface area contributed by atoms with Gasteiger partial charge >= 0.3 is 17.9 Å². The molecule has 0 radical (unpaired) electrons. The summed E-state index contributed by atoms with van der Waals surface area (Å²) < 4.78 is 17.8. The minimum absolute atomic E-state index is 0.0309. The third kappa shape index (κ3) is 7.45. The molecule has 0 aromatic heterocycles. The lowest BCUT2D eigenvalue weighted by molar-refractivity contribution is -0.136.